The lowest BCUT2D eigenvalue weighted by atomic mass is 10.00. The van der Waals surface area contributed by atoms with Crippen LogP contribution in [0.5, 0.6) is 11.5 Å². The van der Waals surface area contributed by atoms with Gasteiger partial charge in [0, 0.05) is 5.56 Å². The van der Waals surface area contributed by atoms with Crippen molar-refractivity contribution in [3.63, 3.8) is 0 Å². The first-order chi connectivity index (χ1) is 14.1. The first kappa shape index (κ1) is 19.2. The minimum Gasteiger partial charge on any atom is -0.504 e. The molecule has 4 rings (SSSR count). The number of amides is 1. The van der Waals surface area contributed by atoms with E-state index < -0.39 is 0 Å². The molecule has 0 aromatic heterocycles. The number of para-hydroxylation sites is 1. The quantitative estimate of drug-likeness (QED) is 0.416. The fourth-order valence-corrected chi connectivity index (χ4v) is 3.72. The number of aromatic hydroxyl groups is 1. The van der Waals surface area contributed by atoms with E-state index in [1.165, 1.54) is 12.1 Å². The van der Waals surface area contributed by atoms with Gasteiger partial charge >= 0.3 is 0 Å². The fourth-order valence-electron chi connectivity index (χ4n) is 3.10. The van der Waals surface area contributed by atoms with Crippen LogP contribution in [0.25, 0.3) is 6.08 Å². The molecule has 144 valence electrons. The Morgan fingerprint density at radius 2 is 1.69 bits per heavy atom. The molecule has 1 aliphatic rings. The Morgan fingerprint density at radius 3 is 2.34 bits per heavy atom. The molecule has 0 radical (unpaired) electrons. The van der Waals surface area contributed by atoms with Crippen LogP contribution in [0.1, 0.15) is 11.1 Å². The molecule has 0 bridgehead atoms. The predicted molar refractivity (Wildman–Crippen MR) is 122 cm³/mol. The third kappa shape index (κ3) is 3.75. The maximum Gasteiger partial charge on any atom is 0.281 e. The van der Waals surface area contributed by atoms with Crippen LogP contribution in [0.15, 0.2) is 83.5 Å². The molecule has 3 aromatic carbocycles. The number of phenolic OH excluding ortho intramolecular Hbond substituents is 1. The Morgan fingerprint density at radius 1 is 1.03 bits per heavy atom. The molecule has 1 heterocycles. The average molecular weight is 496 g/mol. The van der Waals surface area contributed by atoms with E-state index in [-0.39, 0.29) is 11.7 Å². The summed E-state index contributed by atoms with van der Waals surface area (Å²) in [6, 6.07) is 22.4. The van der Waals surface area contributed by atoms with Gasteiger partial charge in [-0.25, -0.2) is 0 Å². The zero-order valence-electron chi connectivity index (χ0n) is 15.5. The van der Waals surface area contributed by atoms with E-state index in [1.807, 2.05) is 83.3 Å². The highest BCUT2D eigenvalue weighted by Gasteiger charge is 2.32. The van der Waals surface area contributed by atoms with Gasteiger partial charge in [-0.2, -0.15) is 10.1 Å². The molecule has 29 heavy (non-hydrogen) atoms. The first-order valence-electron chi connectivity index (χ1n) is 8.90. The van der Waals surface area contributed by atoms with Crippen molar-refractivity contribution in [1.82, 2.24) is 0 Å². The fraction of sp³-hybridized carbons (Fsp3) is 0.0435. The van der Waals surface area contributed by atoms with Gasteiger partial charge in [0.05, 0.1) is 21.9 Å². The van der Waals surface area contributed by atoms with Gasteiger partial charge in [-0.1, -0.05) is 48.5 Å². The minimum atomic E-state index is -0.211. The summed E-state index contributed by atoms with van der Waals surface area (Å²) in [7, 11) is 1.50. The van der Waals surface area contributed by atoms with Crippen molar-refractivity contribution in [2.24, 2.45) is 5.10 Å². The number of ether oxygens (including phenoxy) is 1. The molecule has 0 unspecified atom stereocenters. The lowest BCUT2D eigenvalue weighted by Crippen LogP contribution is -2.21. The molecule has 3 aromatic rings. The monoisotopic (exact) mass is 496 g/mol. The highest BCUT2D eigenvalue weighted by Crippen LogP contribution is 2.34. The average Bonchev–Trinajstić information content (AvgIpc) is 3.08. The van der Waals surface area contributed by atoms with E-state index in [2.05, 4.69) is 5.10 Å². The van der Waals surface area contributed by atoms with Crippen LogP contribution in [-0.4, -0.2) is 23.8 Å². The number of carbonyl (C=O) groups is 1. The van der Waals surface area contributed by atoms with Crippen LogP contribution >= 0.6 is 22.6 Å². The second kappa shape index (κ2) is 8.08. The van der Waals surface area contributed by atoms with Crippen LogP contribution in [0, 0.1) is 3.57 Å². The van der Waals surface area contributed by atoms with Crippen molar-refractivity contribution in [3.8, 4) is 11.5 Å². The summed E-state index contributed by atoms with van der Waals surface area (Å²) >= 11 is 2.04. The highest BCUT2D eigenvalue weighted by atomic mass is 127. The number of halogens is 1. The molecule has 5 nitrogen and oxygen atoms in total. The Bertz CT molecular complexity index is 1130. The van der Waals surface area contributed by atoms with E-state index in [0.29, 0.717) is 26.3 Å². The van der Waals surface area contributed by atoms with Crippen molar-refractivity contribution in [2.45, 2.75) is 0 Å². The number of rotatable bonds is 4. The van der Waals surface area contributed by atoms with Crippen LogP contribution in [-0.2, 0) is 4.79 Å². The topological polar surface area (TPSA) is 62.1 Å². The van der Waals surface area contributed by atoms with Crippen LogP contribution < -0.4 is 9.75 Å². The van der Waals surface area contributed by atoms with Gasteiger partial charge in [0.1, 0.15) is 5.71 Å². The summed E-state index contributed by atoms with van der Waals surface area (Å²) in [5, 5.41) is 16.1. The van der Waals surface area contributed by atoms with Crippen LogP contribution in [0.3, 0.4) is 0 Å². The third-order valence-corrected chi connectivity index (χ3v) is 5.33. The van der Waals surface area contributed by atoms with Crippen LogP contribution in [0.4, 0.5) is 5.69 Å². The SMILES string of the molecule is COc1cc(C=C2C(=O)N(c3ccccc3)N=C2c2ccccc2)cc(I)c1O. The number of benzene rings is 3. The maximum absolute atomic E-state index is 13.3. The van der Waals surface area contributed by atoms with Crippen LogP contribution in [0.2, 0.25) is 0 Å². The van der Waals surface area contributed by atoms with Crippen molar-refractivity contribution >= 4 is 46.0 Å². The van der Waals surface area contributed by atoms with Gasteiger partial charge in [0.2, 0.25) is 0 Å². The van der Waals surface area contributed by atoms with E-state index in [9.17, 15) is 9.90 Å². The molecule has 0 fully saturated rings. The van der Waals surface area contributed by atoms with E-state index >= 15 is 0 Å². The van der Waals surface area contributed by atoms with Crippen molar-refractivity contribution < 1.29 is 14.6 Å². The van der Waals surface area contributed by atoms with Gasteiger partial charge in [-0.05, 0) is 58.5 Å². The smallest absolute Gasteiger partial charge is 0.281 e. The second-order valence-electron chi connectivity index (χ2n) is 6.38. The van der Waals surface area contributed by atoms with Crippen molar-refractivity contribution in [3.05, 3.63) is 93.1 Å². The number of anilines is 1. The molecule has 0 atom stereocenters. The molecule has 0 saturated heterocycles. The largest absolute Gasteiger partial charge is 0.504 e. The van der Waals surface area contributed by atoms with E-state index in [1.54, 1.807) is 18.2 Å². The Kier molecular flexibility index (Phi) is 5.35. The van der Waals surface area contributed by atoms with Gasteiger partial charge in [0.25, 0.3) is 5.91 Å². The maximum atomic E-state index is 13.3. The number of nitrogens with zero attached hydrogens (tertiary/aromatic N) is 2. The number of hydrogen-bond donors (Lipinski definition) is 1. The summed E-state index contributed by atoms with van der Waals surface area (Å²) in [6.07, 6.45) is 1.78. The predicted octanol–water partition coefficient (Wildman–Crippen LogP) is 4.84. The van der Waals surface area contributed by atoms with E-state index in [0.717, 1.165) is 11.1 Å². The molecule has 0 aliphatic carbocycles. The number of phenols is 1. The molecule has 1 aliphatic heterocycles. The zero-order valence-corrected chi connectivity index (χ0v) is 17.7. The van der Waals surface area contributed by atoms with Gasteiger partial charge in [0.15, 0.2) is 11.5 Å². The summed E-state index contributed by atoms with van der Waals surface area (Å²) < 4.78 is 5.89. The van der Waals surface area contributed by atoms with Gasteiger partial charge in [-0.15, -0.1) is 0 Å². The Labute approximate surface area is 182 Å². The van der Waals surface area contributed by atoms with Gasteiger partial charge in [-0.3, -0.25) is 4.79 Å². The summed E-state index contributed by atoms with van der Waals surface area (Å²) in [6.45, 7) is 0. The normalized spacial score (nSPS) is 15.0. The zero-order chi connectivity index (χ0) is 20.4. The number of carbonyl (C=O) groups excluding carboxylic acids is 1. The molecule has 6 heteroatoms. The van der Waals surface area contributed by atoms with Crippen molar-refractivity contribution in [2.75, 3.05) is 12.1 Å². The third-order valence-electron chi connectivity index (χ3n) is 4.51. The highest BCUT2D eigenvalue weighted by molar-refractivity contribution is 14.1. The first-order valence-corrected chi connectivity index (χ1v) is 9.98. The molecule has 0 spiro atoms. The van der Waals surface area contributed by atoms with Crippen molar-refractivity contribution in [1.29, 1.82) is 0 Å². The Hall–Kier alpha value is -3.13. The van der Waals surface area contributed by atoms with Gasteiger partial charge < -0.3 is 9.84 Å². The lowest BCUT2D eigenvalue weighted by Gasteiger charge is -2.11. The second-order valence-corrected chi connectivity index (χ2v) is 7.54. The summed E-state index contributed by atoms with van der Waals surface area (Å²) in [5.41, 5.74) is 3.37. The number of hydrazone groups is 1. The summed E-state index contributed by atoms with van der Waals surface area (Å²) in [4.78, 5) is 13.3. The minimum absolute atomic E-state index is 0.0795. The Balaban J connectivity index is 1.85. The van der Waals surface area contributed by atoms with E-state index in [4.69, 9.17) is 4.74 Å². The summed E-state index contributed by atoms with van der Waals surface area (Å²) in [5.74, 6) is 0.222. The number of methoxy groups -OCH3 is 1. The molecule has 1 N–H and O–H groups in total. The molecular weight excluding hydrogens is 479 g/mol. The molecule has 1 amide bonds. The molecule has 0 saturated carbocycles. The standard InChI is InChI=1S/C23H17IN2O3/c1-29-20-14-15(13-19(24)22(20)27)12-18-21(16-8-4-2-5-9-16)25-26(23(18)28)17-10-6-3-7-11-17/h2-14,27H,1H3. The lowest BCUT2D eigenvalue weighted by molar-refractivity contribution is -0.114. The molecular formula is C23H17IN2O3. The number of hydrogen-bond acceptors (Lipinski definition) is 4.